The number of aryl methyl sites for hydroxylation is 1. The van der Waals surface area contributed by atoms with Gasteiger partial charge < -0.3 is 25.2 Å². The van der Waals surface area contributed by atoms with E-state index in [4.69, 9.17) is 4.74 Å². The van der Waals surface area contributed by atoms with Crippen LogP contribution in [0.1, 0.15) is 54.4 Å². The largest absolute Gasteiger partial charge is 0.381 e. The van der Waals surface area contributed by atoms with Gasteiger partial charge >= 0.3 is 0 Å². The molecule has 0 saturated carbocycles. The number of thiophene rings is 2. The fourth-order valence-corrected chi connectivity index (χ4v) is 9.22. The van der Waals surface area contributed by atoms with Crippen LogP contribution in [0, 0.1) is 24.0 Å². The number of ether oxygens (including phenoxy) is 1. The van der Waals surface area contributed by atoms with Gasteiger partial charge in [0.25, 0.3) is 17.7 Å². The molecule has 0 aliphatic carbocycles. The summed E-state index contributed by atoms with van der Waals surface area (Å²) in [5.74, 6) is -2.09. The maximum Gasteiger partial charge on any atom is 0.265 e. The van der Waals surface area contributed by atoms with E-state index in [1.165, 1.54) is 28.7 Å². The first-order valence-corrected chi connectivity index (χ1v) is 18.4. The van der Waals surface area contributed by atoms with Crippen LogP contribution >= 0.6 is 22.7 Å². The lowest BCUT2D eigenvalue weighted by atomic mass is 9.73. The zero-order chi connectivity index (χ0) is 35.3. The Bertz CT molecular complexity index is 2150. The van der Waals surface area contributed by atoms with Crippen molar-refractivity contribution < 1.29 is 27.9 Å². The summed E-state index contributed by atoms with van der Waals surface area (Å²) in [6.45, 7) is 5.53. The van der Waals surface area contributed by atoms with E-state index < -0.39 is 23.2 Å². The van der Waals surface area contributed by atoms with Crippen molar-refractivity contribution in [1.29, 1.82) is 0 Å². The van der Waals surface area contributed by atoms with Gasteiger partial charge in [-0.05, 0) is 97.3 Å². The first-order chi connectivity index (χ1) is 24.7. The summed E-state index contributed by atoms with van der Waals surface area (Å²) in [6.07, 6.45) is 4.30. The Morgan fingerprint density at radius 2 is 1.67 bits per heavy atom. The molecule has 0 bridgehead atoms. The number of carbonyl (C=O) groups excluding carboxylic acids is 3. The maximum atomic E-state index is 14.2. The van der Waals surface area contributed by atoms with Crippen molar-refractivity contribution in [3.05, 3.63) is 111 Å². The third-order valence-electron chi connectivity index (χ3n) is 9.77. The number of pyridine rings is 1. The topological polar surface area (TPSA) is 104 Å². The molecule has 5 aromatic rings. The molecule has 1 spiro atoms. The van der Waals surface area contributed by atoms with Gasteiger partial charge in [-0.2, -0.15) is 0 Å². The van der Waals surface area contributed by atoms with Crippen molar-refractivity contribution in [2.45, 2.75) is 26.2 Å². The summed E-state index contributed by atoms with van der Waals surface area (Å²) in [5, 5.41) is 7.25. The number of anilines is 4. The van der Waals surface area contributed by atoms with E-state index in [1.807, 2.05) is 24.4 Å². The van der Waals surface area contributed by atoms with Crippen LogP contribution in [0.25, 0.3) is 9.75 Å². The van der Waals surface area contributed by atoms with Crippen LogP contribution in [0.5, 0.6) is 0 Å². The smallest absolute Gasteiger partial charge is 0.265 e. The Morgan fingerprint density at radius 1 is 0.922 bits per heavy atom. The highest BCUT2D eigenvalue weighted by Gasteiger charge is 2.45. The van der Waals surface area contributed by atoms with Crippen LogP contribution in [-0.2, 0) is 11.2 Å². The number of hydrogen-bond donors (Lipinski definition) is 2. The van der Waals surface area contributed by atoms with E-state index in [0.717, 1.165) is 77.8 Å². The predicted octanol–water partition coefficient (Wildman–Crippen LogP) is 7.78. The van der Waals surface area contributed by atoms with Gasteiger partial charge in [-0.1, -0.05) is 6.07 Å². The second-order valence-electron chi connectivity index (χ2n) is 13.2. The standard InChI is InChI=1S/C38H33F2N5O4S2/c1-22-17-26(34(41-19-22)44-20-38(21-44)11-14-49-15-12-38)35(46)42-25-7-5-23(6-8-25)37(48)45-13-9-24-18-30(51-32(24)33-29(45)10-16-50-33)36(47)43-31-27(39)3-2-4-28(31)40/h2-8,10,16-19H,9,11-15,20-21H2,1H3,(H,42,46)(H,43,47). The molecule has 8 rings (SSSR count). The highest BCUT2D eigenvalue weighted by Crippen LogP contribution is 2.46. The van der Waals surface area contributed by atoms with Gasteiger partial charge in [0.2, 0.25) is 0 Å². The predicted molar refractivity (Wildman–Crippen MR) is 195 cm³/mol. The summed E-state index contributed by atoms with van der Waals surface area (Å²) in [6, 6.07) is 15.7. The third-order valence-corrected chi connectivity index (χ3v) is 12.0. The monoisotopic (exact) mass is 725 g/mol. The van der Waals surface area contributed by atoms with Gasteiger partial charge in [-0.25, -0.2) is 13.8 Å². The zero-order valence-corrected chi connectivity index (χ0v) is 29.3. The van der Waals surface area contributed by atoms with Crippen LogP contribution in [-0.4, -0.2) is 55.6 Å². The van der Waals surface area contributed by atoms with Crippen molar-refractivity contribution in [1.82, 2.24) is 4.98 Å². The van der Waals surface area contributed by atoms with Crippen molar-refractivity contribution in [2.75, 3.05) is 53.3 Å². The quantitative estimate of drug-likeness (QED) is 0.185. The van der Waals surface area contributed by atoms with Crippen LogP contribution < -0.4 is 20.4 Å². The summed E-state index contributed by atoms with van der Waals surface area (Å²) in [5.41, 5.74) is 3.77. The molecule has 9 nitrogen and oxygen atoms in total. The first-order valence-electron chi connectivity index (χ1n) is 16.7. The van der Waals surface area contributed by atoms with E-state index in [0.29, 0.717) is 40.5 Å². The van der Waals surface area contributed by atoms with Gasteiger partial charge in [0.1, 0.15) is 23.1 Å². The van der Waals surface area contributed by atoms with Crippen LogP contribution in [0.15, 0.2) is 72.2 Å². The Morgan fingerprint density at radius 3 is 2.41 bits per heavy atom. The lowest BCUT2D eigenvalue weighted by molar-refractivity contribution is -0.000511. The molecule has 2 N–H and O–H groups in total. The van der Waals surface area contributed by atoms with E-state index in [9.17, 15) is 23.2 Å². The van der Waals surface area contributed by atoms with Gasteiger partial charge in [-0.3, -0.25) is 14.4 Å². The fraction of sp³-hybridized carbons (Fsp3) is 0.263. The number of nitrogens with one attached hydrogen (secondary N) is 2. The molecule has 2 saturated heterocycles. The van der Waals surface area contributed by atoms with Crippen molar-refractivity contribution in [3.8, 4) is 9.75 Å². The number of rotatable bonds is 6. The van der Waals surface area contributed by atoms with E-state index in [-0.39, 0.29) is 17.2 Å². The first kappa shape index (κ1) is 33.2. The van der Waals surface area contributed by atoms with Crippen LogP contribution in [0.3, 0.4) is 0 Å². The number of fused-ring (bicyclic) bond motifs is 3. The molecule has 3 aromatic heterocycles. The molecule has 3 aliphatic rings. The van der Waals surface area contributed by atoms with Gasteiger partial charge in [0.05, 0.1) is 25.9 Å². The van der Waals surface area contributed by atoms with Crippen molar-refractivity contribution >= 4 is 63.3 Å². The van der Waals surface area contributed by atoms with E-state index in [1.54, 1.807) is 41.4 Å². The molecule has 0 unspecified atom stereocenters. The number of benzene rings is 2. The highest BCUT2D eigenvalue weighted by molar-refractivity contribution is 7.23. The van der Waals surface area contributed by atoms with Crippen molar-refractivity contribution in [3.63, 3.8) is 0 Å². The summed E-state index contributed by atoms with van der Waals surface area (Å²) in [7, 11) is 0. The Labute approximate surface area is 300 Å². The third kappa shape index (κ3) is 6.30. The second-order valence-corrected chi connectivity index (χ2v) is 15.2. The fourth-order valence-electron chi connectivity index (χ4n) is 7.02. The number of hydrogen-bond acceptors (Lipinski definition) is 8. The highest BCUT2D eigenvalue weighted by atomic mass is 32.1. The minimum absolute atomic E-state index is 0.194. The molecule has 3 aliphatic heterocycles. The molecule has 0 radical (unpaired) electrons. The average molecular weight is 726 g/mol. The average Bonchev–Trinajstić information content (AvgIpc) is 3.74. The molecule has 2 fully saturated rings. The molecular weight excluding hydrogens is 693 g/mol. The Kier molecular flexibility index (Phi) is 8.65. The minimum atomic E-state index is -0.852. The number of amides is 3. The maximum absolute atomic E-state index is 14.2. The lowest BCUT2D eigenvalue weighted by Gasteiger charge is -2.53. The van der Waals surface area contributed by atoms with E-state index >= 15 is 0 Å². The molecule has 2 aromatic carbocycles. The van der Waals surface area contributed by atoms with Gasteiger partial charge in [0, 0.05) is 55.7 Å². The second kappa shape index (κ2) is 13.3. The molecular formula is C38H33F2N5O4S2. The molecule has 51 heavy (non-hydrogen) atoms. The zero-order valence-electron chi connectivity index (χ0n) is 27.6. The normalized spacial score (nSPS) is 16.1. The SMILES string of the molecule is Cc1cnc(N2CC3(CCOCC3)C2)c(C(=O)Nc2ccc(C(=O)N3CCc4cc(C(=O)Nc5c(F)cccc5F)sc4-c4sccc43)cc2)c1. The summed E-state index contributed by atoms with van der Waals surface area (Å²) in [4.78, 5) is 51.0. The van der Waals surface area contributed by atoms with Crippen LogP contribution in [0.2, 0.25) is 0 Å². The lowest BCUT2D eigenvalue weighted by Crippen LogP contribution is -2.59. The number of nitrogens with zero attached hydrogens (tertiary/aromatic N) is 3. The Hall–Kier alpha value is -4.98. The van der Waals surface area contributed by atoms with E-state index in [2.05, 4.69) is 20.5 Å². The number of halogens is 2. The van der Waals surface area contributed by atoms with Gasteiger partial charge in [-0.15, -0.1) is 22.7 Å². The van der Waals surface area contributed by atoms with Crippen LogP contribution in [0.4, 0.5) is 31.7 Å². The number of para-hydroxylation sites is 1. The minimum Gasteiger partial charge on any atom is -0.381 e. The molecule has 6 heterocycles. The van der Waals surface area contributed by atoms with Crippen molar-refractivity contribution in [2.24, 2.45) is 5.41 Å². The molecule has 0 atom stereocenters. The summed E-state index contributed by atoms with van der Waals surface area (Å²) < 4.78 is 33.9. The Balaban J connectivity index is 0.960. The number of aromatic nitrogens is 1. The molecule has 3 amide bonds. The number of carbonyl (C=O) groups is 3. The van der Waals surface area contributed by atoms with Gasteiger partial charge in [0.15, 0.2) is 0 Å². The molecule has 13 heteroatoms. The summed E-state index contributed by atoms with van der Waals surface area (Å²) >= 11 is 2.69. The molecule has 260 valence electrons.